The zero-order valence-electron chi connectivity index (χ0n) is 20.7. The Hall–Kier alpha value is -3.91. The number of hydrogen-bond donors (Lipinski definition) is 0. The Morgan fingerprint density at radius 1 is 1.08 bits per heavy atom. The molecule has 1 aliphatic rings. The average Bonchev–Trinajstić information content (AvgIpc) is 3.37. The van der Waals surface area contributed by atoms with Crippen molar-refractivity contribution in [3.05, 3.63) is 71.4 Å². The second-order valence-corrected chi connectivity index (χ2v) is 9.31. The molecule has 5 rings (SSSR count). The topological polar surface area (TPSA) is 86.0 Å². The number of esters is 1. The van der Waals surface area contributed by atoms with E-state index in [4.69, 9.17) is 31.2 Å². The summed E-state index contributed by atoms with van der Waals surface area (Å²) in [6.45, 7) is 2.95. The number of para-hydroxylation sites is 1. The fourth-order valence-electron chi connectivity index (χ4n) is 4.66. The van der Waals surface area contributed by atoms with Gasteiger partial charge in [0.1, 0.15) is 11.4 Å². The maximum atomic E-state index is 13.9. The number of amides is 1. The number of carbonyl (C=O) groups is 2. The fraction of sp³-hybridized carbons (Fsp3) is 0.286. The lowest BCUT2D eigenvalue weighted by atomic mass is 9.98. The van der Waals surface area contributed by atoms with E-state index in [1.165, 1.54) is 0 Å². The normalized spacial score (nSPS) is 15.5. The highest BCUT2D eigenvalue weighted by Crippen LogP contribution is 2.31. The zero-order chi connectivity index (χ0) is 25.9. The summed E-state index contributed by atoms with van der Waals surface area (Å²) in [5.74, 6) is -0.177. The molecule has 2 aromatic heterocycles. The Labute approximate surface area is 219 Å². The second-order valence-electron chi connectivity index (χ2n) is 8.88. The van der Waals surface area contributed by atoms with Crippen molar-refractivity contribution in [2.24, 2.45) is 5.92 Å². The van der Waals surface area contributed by atoms with E-state index in [1.807, 2.05) is 42.5 Å². The lowest BCUT2D eigenvalue weighted by Gasteiger charge is -2.31. The van der Waals surface area contributed by atoms with Crippen LogP contribution in [0.2, 0.25) is 5.02 Å². The first kappa shape index (κ1) is 24.8. The Bertz CT molecular complexity index is 1450. The van der Waals surface area contributed by atoms with Crippen LogP contribution in [0.1, 0.15) is 30.3 Å². The molecular formula is C28H27ClN4O4. The molecule has 1 unspecified atom stereocenters. The van der Waals surface area contributed by atoms with Gasteiger partial charge in [0.2, 0.25) is 0 Å². The summed E-state index contributed by atoms with van der Waals surface area (Å²) < 4.78 is 12.3. The summed E-state index contributed by atoms with van der Waals surface area (Å²) in [6.07, 6.45) is 1.42. The van der Waals surface area contributed by atoms with Gasteiger partial charge in [0.15, 0.2) is 5.65 Å². The number of likely N-dealkylation sites (tertiary alicyclic amines) is 1. The molecule has 1 atom stereocenters. The zero-order valence-corrected chi connectivity index (χ0v) is 21.4. The smallest absolute Gasteiger partial charge is 0.310 e. The quantitative estimate of drug-likeness (QED) is 0.328. The first-order valence-corrected chi connectivity index (χ1v) is 12.6. The SMILES string of the molecule is CCOC(=O)C1CCCN(C(=O)c2cc(-c3ccccc3OC)nc3cc(-c4ccc(Cl)cc4)nn23)C1. The Balaban J connectivity index is 1.61. The number of fused-ring (bicyclic) bond motifs is 1. The van der Waals surface area contributed by atoms with Gasteiger partial charge in [0.05, 0.1) is 31.0 Å². The fourth-order valence-corrected chi connectivity index (χ4v) is 4.78. The molecular weight excluding hydrogens is 492 g/mol. The van der Waals surface area contributed by atoms with Gasteiger partial charge in [-0.05, 0) is 50.1 Å². The molecule has 2 aromatic carbocycles. The minimum Gasteiger partial charge on any atom is -0.496 e. The van der Waals surface area contributed by atoms with Gasteiger partial charge >= 0.3 is 5.97 Å². The third kappa shape index (κ3) is 5.02. The number of rotatable bonds is 6. The van der Waals surface area contributed by atoms with Gasteiger partial charge in [-0.1, -0.05) is 35.9 Å². The molecule has 0 radical (unpaired) electrons. The Morgan fingerprint density at radius 3 is 2.62 bits per heavy atom. The summed E-state index contributed by atoms with van der Waals surface area (Å²) in [5, 5.41) is 5.36. The van der Waals surface area contributed by atoms with Crippen LogP contribution < -0.4 is 4.74 Å². The molecule has 3 heterocycles. The molecule has 1 fully saturated rings. The number of halogens is 1. The number of hydrogen-bond acceptors (Lipinski definition) is 6. The van der Waals surface area contributed by atoms with E-state index >= 15 is 0 Å². The van der Waals surface area contributed by atoms with Crippen LogP contribution in [-0.2, 0) is 9.53 Å². The van der Waals surface area contributed by atoms with E-state index in [9.17, 15) is 9.59 Å². The molecule has 37 heavy (non-hydrogen) atoms. The maximum Gasteiger partial charge on any atom is 0.310 e. The largest absolute Gasteiger partial charge is 0.496 e. The predicted molar refractivity (Wildman–Crippen MR) is 141 cm³/mol. The van der Waals surface area contributed by atoms with Crippen LogP contribution in [-0.4, -0.2) is 58.2 Å². The molecule has 9 heteroatoms. The molecule has 1 amide bonds. The van der Waals surface area contributed by atoms with Crippen molar-refractivity contribution in [3.63, 3.8) is 0 Å². The first-order chi connectivity index (χ1) is 18.0. The van der Waals surface area contributed by atoms with E-state index in [2.05, 4.69) is 0 Å². The first-order valence-electron chi connectivity index (χ1n) is 12.2. The third-order valence-electron chi connectivity index (χ3n) is 6.50. The predicted octanol–water partition coefficient (Wildman–Crippen LogP) is 5.14. The van der Waals surface area contributed by atoms with Crippen LogP contribution in [0.4, 0.5) is 0 Å². The van der Waals surface area contributed by atoms with Crippen LogP contribution in [0.3, 0.4) is 0 Å². The summed E-state index contributed by atoms with van der Waals surface area (Å²) in [7, 11) is 1.60. The minimum absolute atomic E-state index is 0.219. The third-order valence-corrected chi connectivity index (χ3v) is 6.75. The van der Waals surface area contributed by atoms with Crippen LogP contribution in [0.25, 0.3) is 28.2 Å². The van der Waals surface area contributed by atoms with E-state index in [0.717, 1.165) is 17.5 Å². The monoisotopic (exact) mass is 518 g/mol. The molecule has 0 N–H and O–H groups in total. The number of ether oxygens (including phenoxy) is 2. The summed E-state index contributed by atoms with van der Waals surface area (Å²) in [6, 6.07) is 18.5. The van der Waals surface area contributed by atoms with E-state index in [-0.39, 0.29) is 17.8 Å². The standard InChI is InChI=1S/C28H27ClN4O4/c1-3-37-28(35)19-7-6-14-32(17-19)27(34)24-15-23(21-8-4-5-9-25(21)36-2)30-26-16-22(31-33(24)26)18-10-12-20(29)13-11-18/h4-5,8-13,15-16,19H,3,6-7,14,17H2,1-2H3. The van der Waals surface area contributed by atoms with Crippen molar-refractivity contribution in [1.29, 1.82) is 0 Å². The van der Waals surface area contributed by atoms with Gasteiger partial charge in [-0.3, -0.25) is 9.59 Å². The Kier molecular flexibility index (Phi) is 7.10. The van der Waals surface area contributed by atoms with Crippen molar-refractivity contribution < 1.29 is 19.1 Å². The minimum atomic E-state index is -0.342. The molecule has 4 aromatic rings. The second kappa shape index (κ2) is 10.6. The number of nitrogens with zero attached hydrogens (tertiary/aromatic N) is 4. The molecule has 0 aliphatic carbocycles. The highest BCUT2D eigenvalue weighted by molar-refractivity contribution is 6.30. The highest BCUT2D eigenvalue weighted by Gasteiger charge is 2.31. The molecule has 0 bridgehead atoms. The molecule has 190 valence electrons. The van der Waals surface area contributed by atoms with Crippen LogP contribution in [0, 0.1) is 5.92 Å². The number of methoxy groups -OCH3 is 1. The van der Waals surface area contributed by atoms with Gasteiger partial charge < -0.3 is 14.4 Å². The van der Waals surface area contributed by atoms with Crippen molar-refractivity contribution in [3.8, 4) is 28.3 Å². The number of piperidine rings is 1. The number of benzene rings is 2. The molecule has 8 nitrogen and oxygen atoms in total. The van der Waals surface area contributed by atoms with Crippen molar-refractivity contribution in [1.82, 2.24) is 19.5 Å². The molecule has 1 saturated heterocycles. The van der Waals surface area contributed by atoms with Crippen LogP contribution in [0.5, 0.6) is 5.75 Å². The summed E-state index contributed by atoms with van der Waals surface area (Å²) in [5.41, 5.74) is 3.76. The lowest BCUT2D eigenvalue weighted by Crippen LogP contribution is -2.43. The number of aromatic nitrogens is 3. The van der Waals surface area contributed by atoms with E-state index in [0.29, 0.717) is 59.6 Å². The van der Waals surface area contributed by atoms with Crippen molar-refractivity contribution in [2.45, 2.75) is 19.8 Å². The molecule has 0 saturated carbocycles. The number of carbonyl (C=O) groups excluding carboxylic acids is 2. The summed E-state index contributed by atoms with van der Waals surface area (Å²) in [4.78, 5) is 32.8. The van der Waals surface area contributed by atoms with Crippen molar-refractivity contribution in [2.75, 3.05) is 26.8 Å². The lowest BCUT2D eigenvalue weighted by molar-refractivity contribution is -0.149. The highest BCUT2D eigenvalue weighted by atomic mass is 35.5. The summed E-state index contributed by atoms with van der Waals surface area (Å²) >= 11 is 6.07. The van der Waals surface area contributed by atoms with E-state index < -0.39 is 0 Å². The van der Waals surface area contributed by atoms with Gasteiger partial charge in [0.25, 0.3) is 5.91 Å². The van der Waals surface area contributed by atoms with Gasteiger partial charge in [0, 0.05) is 35.3 Å². The average molecular weight is 519 g/mol. The maximum absolute atomic E-state index is 13.9. The van der Waals surface area contributed by atoms with Crippen LogP contribution in [0.15, 0.2) is 60.7 Å². The Morgan fingerprint density at radius 2 is 1.86 bits per heavy atom. The molecule has 1 aliphatic heterocycles. The molecule has 0 spiro atoms. The van der Waals surface area contributed by atoms with E-state index in [1.54, 1.807) is 41.6 Å². The van der Waals surface area contributed by atoms with Crippen LogP contribution >= 0.6 is 11.6 Å². The van der Waals surface area contributed by atoms with Gasteiger partial charge in [-0.25, -0.2) is 9.50 Å². The van der Waals surface area contributed by atoms with Crippen molar-refractivity contribution >= 4 is 29.1 Å². The van der Waals surface area contributed by atoms with Gasteiger partial charge in [-0.2, -0.15) is 5.10 Å². The van der Waals surface area contributed by atoms with Gasteiger partial charge in [-0.15, -0.1) is 0 Å².